The van der Waals surface area contributed by atoms with Gasteiger partial charge >= 0.3 is 0 Å². The fourth-order valence-corrected chi connectivity index (χ4v) is 5.09. The molecule has 192 valence electrons. The molecular formula is C26H29ClN2O6S. The third-order valence-electron chi connectivity index (χ3n) is 5.68. The first-order valence-corrected chi connectivity index (χ1v) is 12.8. The summed E-state index contributed by atoms with van der Waals surface area (Å²) < 4.78 is 44.2. The normalized spacial score (nSPS) is 11.1. The average molecular weight is 533 g/mol. The summed E-state index contributed by atoms with van der Waals surface area (Å²) in [5.41, 5.74) is 2.99. The Morgan fingerprint density at radius 3 is 2.03 bits per heavy atom. The van der Waals surface area contributed by atoms with E-state index in [4.69, 9.17) is 25.8 Å². The first kappa shape index (κ1) is 27.2. The molecule has 36 heavy (non-hydrogen) atoms. The Kier molecular flexibility index (Phi) is 8.70. The van der Waals surface area contributed by atoms with Crippen LogP contribution < -0.4 is 23.8 Å². The summed E-state index contributed by atoms with van der Waals surface area (Å²) in [4.78, 5) is 13.0. The van der Waals surface area contributed by atoms with Crippen LogP contribution in [0.15, 0.2) is 59.5 Å². The van der Waals surface area contributed by atoms with Gasteiger partial charge in [-0.1, -0.05) is 17.7 Å². The molecule has 0 spiro atoms. The van der Waals surface area contributed by atoms with Gasteiger partial charge in [0.2, 0.25) is 11.7 Å². The Hall–Kier alpha value is -3.43. The zero-order valence-corrected chi connectivity index (χ0v) is 22.4. The van der Waals surface area contributed by atoms with Gasteiger partial charge in [-0.05, 0) is 79.1 Å². The van der Waals surface area contributed by atoms with Crippen molar-refractivity contribution < 1.29 is 27.4 Å². The molecule has 0 atom stereocenters. The molecule has 0 saturated heterocycles. The molecule has 3 aromatic rings. The van der Waals surface area contributed by atoms with E-state index in [-0.39, 0.29) is 11.4 Å². The third-order valence-corrected chi connectivity index (χ3v) is 7.72. The first-order chi connectivity index (χ1) is 17.1. The lowest BCUT2D eigenvalue weighted by Gasteiger charge is -2.25. The molecule has 0 heterocycles. The smallest absolute Gasteiger partial charge is 0.264 e. The molecule has 8 nitrogen and oxygen atoms in total. The minimum absolute atomic E-state index is 0.0301. The Labute approximate surface area is 216 Å². The van der Waals surface area contributed by atoms with Crippen LogP contribution in [-0.4, -0.2) is 42.2 Å². The van der Waals surface area contributed by atoms with Crippen molar-refractivity contribution in [2.75, 3.05) is 32.2 Å². The number of anilines is 1. The van der Waals surface area contributed by atoms with Crippen molar-refractivity contribution in [2.24, 2.45) is 0 Å². The second-order valence-corrected chi connectivity index (χ2v) is 10.3. The van der Waals surface area contributed by atoms with Crippen molar-refractivity contribution in [3.63, 3.8) is 0 Å². The number of rotatable bonds is 10. The summed E-state index contributed by atoms with van der Waals surface area (Å²) in [5, 5.41) is 3.19. The molecule has 0 aliphatic heterocycles. The molecule has 0 fully saturated rings. The number of halogens is 1. The highest BCUT2D eigenvalue weighted by Gasteiger charge is 2.27. The predicted octanol–water partition coefficient (Wildman–Crippen LogP) is 4.49. The van der Waals surface area contributed by atoms with Gasteiger partial charge in [-0.15, -0.1) is 0 Å². The van der Waals surface area contributed by atoms with Gasteiger partial charge in [0.25, 0.3) is 10.0 Å². The number of nitrogens with one attached hydrogen (secondary N) is 1. The number of aryl methyl sites for hydroxylation is 2. The molecule has 0 aromatic heterocycles. The molecule has 1 amide bonds. The second kappa shape index (κ2) is 11.5. The van der Waals surface area contributed by atoms with Crippen LogP contribution >= 0.6 is 11.6 Å². The summed E-state index contributed by atoms with van der Waals surface area (Å²) in [6.07, 6.45) is 0. The van der Waals surface area contributed by atoms with E-state index in [1.807, 2.05) is 19.9 Å². The molecule has 0 aliphatic carbocycles. The lowest BCUT2D eigenvalue weighted by Crippen LogP contribution is -2.40. The standard InChI is InChI=1S/C26H29ClN2O6S/c1-17-6-9-21(12-18(17)2)29(36(31,32)22-10-7-20(27)8-11-22)16-25(30)28-15-19-13-23(33-3)26(35-5)24(14-19)34-4/h6-14H,15-16H2,1-5H3,(H,28,30). The van der Waals surface area contributed by atoms with E-state index in [9.17, 15) is 13.2 Å². The highest BCUT2D eigenvalue weighted by atomic mass is 35.5. The number of hydrogen-bond acceptors (Lipinski definition) is 6. The van der Waals surface area contributed by atoms with Gasteiger partial charge in [-0.25, -0.2) is 8.42 Å². The van der Waals surface area contributed by atoms with E-state index >= 15 is 0 Å². The molecule has 0 bridgehead atoms. The minimum Gasteiger partial charge on any atom is -0.493 e. The summed E-state index contributed by atoms with van der Waals surface area (Å²) in [7, 11) is 0.458. The van der Waals surface area contributed by atoms with Crippen LogP contribution in [0.2, 0.25) is 5.02 Å². The molecular weight excluding hydrogens is 504 g/mol. The molecule has 10 heteroatoms. The number of ether oxygens (including phenoxy) is 3. The first-order valence-electron chi connectivity index (χ1n) is 11.0. The number of methoxy groups -OCH3 is 3. The summed E-state index contributed by atoms with van der Waals surface area (Å²) in [6, 6.07) is 14.5. The highest BCUT2D eigenvalue weighted by molar-refractivity contribution is 7.92. The van der Waals surface area contributed by atoms with Crippen LogP contribution in [0.25, 0.3) is 0 Å². The summed E-state index contributed by atoms with van der Waals surface area (Å²) in [5.74, 6) is 0.843. The molecule has 0 aliphatic rings. The fraction of sp³-hybridized carbons (Fsp3) is 0.269. The summed E-state index contributed by atoms with van der Waals surface area (Å²) in [6.45, 7) is 3.52. The van der Waals surface area contributed by atoms with Gasteiger partial charge < -0.3 is 19.5 Å². The number of carbonyl (C=O) groups excluding carboxylic acids is 1. The van der Waals surface area contributed by atoms with Gasteiger partial charge in [0, 0.05) is 11.6 Å². The SMILES string of the molecule is COc1cc(CNC(=O)CN(c2ccc(C)c(C)c2)S(=O)(=O)c2ccc(Cl)cc2)cc(OC)c1OC. The van der Waals surface area contributed by atoms with Crippen molar-refractivity contribution >= 4 is 33.2 Å². The van der Waals surface area contributed by atoms with Crippen molar-refractivity contribution in [1.29, 1.82) is 0 Å². The lowest BCUT2D eigenvalue weighted by molar-refractivity contribution is -0.119. The lowest BCUT2D eigenvalue weighted by atomic mass is 10.1. The maximum absolute atomic E-state index is 13.5. The van der Waals surface area contributed by atoms with Gasteiger partial charge in [-0.3, -0.25) is 9.10 Å². The van der Waals surface area contributed by atoms with E-state index in [1.54, 1.807) is 24.3 Å². The van der Waals surface area contributed by atoms with E-state index in [2.05, 4.69) is 5.32 Å². The van der Waals surface area contributed by atoms with Gasteiger partial charge in [0.1, 0.15) is 6.54 Å². The monoisotopic (exact) mass is 532 g/mol. The minimum atomic E-state index is -4.05. The summed E-state index contributed by atoms with van der Waals surface area (Å²) >= 11 is 5.94. The number of amides is 1. The van der Waals surface area contributed by atoms with E-state index < -0.39 is 22.5 Å². The van der Waals surface area contributed by atoms with E-state index in [1.165, 1.54) is 45.6 Å². The Morgan fingerprint density at radius 2 is 1.50 bits per heavy atom. The average Bonchev–Trinajstić information content (AvgIpc) is 2.87. The Bertz CT molecular complexity index is 1320. The molecule has 0 radical (unpaired) electrons. The van der Waals surface area contributed by atoms with Crippen LogP contribution in [0.1, 0.15) is 16.7 Å². The quantitative estimate of drug-likeness (QED) is 0.413. The maximum atomic E-state index is 13.5. The Balaban J connectivity index is 1.88. The molecule has 3 rings (SSSR count). The molecule has 3 aromatic carbocycles. The number of nitrogens with zero attached hydrogens (tertiary/aromatic N) is 1. The van der Waals surface area contributed by atoms with Gasteiger partial charge in [0.05, 0.1) is 31.9 Å². The molecule has 1 N–H and O–H groups in total. The van der Waals surface area contributed by atoms with Crippen molar-refractivity contribution in [3.8, 4) is 17.2 Å². The zero-order chi connectivity index (χ0) is 26.5. The topological polar surface area (TPSA) is 94.2 Å². The van der Waals surface area contributed by atoms with Gasteiger partial charge in [0.15, 0.2) is 11.5 Å². The van der Waals surface area contributed by atoms with Crippen LogP contribution in [-0.2, 0) is 21.4 Å². The van der Waals surface area contributed by atoms with Crippen LogP contribution in [0.4, 0.5) is 5.69 Å². The van der Waals surface area contributed by atoms with Crippen molar-refractivity contribution in [2.45, 2.75) is 25.3 Å². The predicted molar refractivity (Wildman–Crippen MR) is 140 cm³/mol. The van der Waals surface area contributed by atoms with E-state index in [0.29, 0.717) is 33.5 Å². The fourth-order valence-electron chi connectivity index (χ4n) is 3.55. The largest absolute Gasteiger partial charge is 0.493 e. The molecule has 0 unspecified atom stereocenters. The van der Waals surface area contributed by atoms with Crippen LogP contribution in [0.3, 0.4) is 0 Å². The van der Waals surface area contributed by atoms with Gasteiger partial charge in [-0.2, -0.15) is 0 Å². The molecule has 0 saturated carbocycles. The van der Waals surface area contributed by atoms with Crippen LogP contribution in [0, 0.1) is 13.8 Å². The number of carbonyl (C=O) groups is 1. The number of benzene rings is 3. The third kappa shape index (κ3) is 6.03. The van der Waals surface area contributed by atoms with Crippen molar-refractivity contribution in [1.82, 2.24) is 5.32 Å². The second-order valence-electron chi connectivity index (χ2n) is 8.04. The van der Waals surface area contributed by atoms with Crippen LogP contribution in [0.5, 0.6) is 17.2 Å². The highest BCUT2D eigenvalue weighted by Crippen LogP contribution is 2.38. The maximum Gasteiger partial charge on any atom is 0.264 e. The zero-order valence-electron chi connectivity index (χ0n) is 20.8. The van der Waals surface area contributed by atoms with Crippen molar-refractivity contribution in [3.05, 3.63) is 76.3 Å². The van der Waals surface area contributed by atoms with E-state index in [0.717, 1.165) is 15.4 Å². The Morgan fingerprint density at radius 1 is 0.889 bits per heavy atom. The number of hydrogen-bond donors (Lipinski definition) is 1. The number of sulfonamides is 1.